The maximum atomic E-state index is 9.16. The van der Waals surface area contributed by atoms with E-state index < -0.39 is 0 Å². The summed E-state index contributed by atoms with van der Waals surface area (Å²) in [5, 5.41) is 13.6. The number of aromatic nitrogens is 2. The van der Waals surface area contributed by atoms with Gasteiger partial charge in [0, 0.05) is 17.8 Å². The second-order valence-electron chi connectivity index (χ2n) is 3.58. The van der Waals surface area contributed by atoms with Crippen molar-refractivity contribution in [3.63, 3.8) is 0 Å². The van der Waals surface area contributed by atoms with E-state index in [9.17, 15) is 0 Å². The highest BCUT2D eigenvalue weighted by molar-refractivity contribution is 7.99. The molecule has 0 aliphatic carbocycles. The topological polar surface area (TPSA) is 38.0 Å². The molecule has 0 aromatic carbocycles. The molecule has 86 valence electrons. The van der Waals surface area contributed by atoms with E-state index in [1.54, 1.807) is 0 Å². The highest BCUT2D eigenvalue weighted by Gasteiger charge is 2.09. The van der Waals surface area contributed by atoms with Crippen LogP contribution in [0.2, 0.25) is 0 Å². The number of hydrogen-bond acceptors (Lipinski definition) is 3. The fourth-order valence-corrected chi connectivity index (χ4v) is 2.26. The molecule has 1 rings (SSSR count). The fraction of sp³-hybridized carbons (Fsp3) is 0.727. The zero-order valence-corrected chi connectivity index (χ0v) is 10.6. The average molecular weight is 228 g/mol. The van der Waals surface area contributed by atoms with Crippen molar-refractivity contribution in [3.8, 4) is 0 Å². The molecular weight excluding hydrogens is 208 g/mol. The van der Waals surface area contributed by atoms with Crippen LogP contribution in [0, 0.1) is 13.8 Å². The molecular formula is C11H20N2OS. The van der Waals surface area contributed by atoms with Crippen LogP contribution in [0.1, 0.15) is 30.3 Å². The first-order valence-corrected chi connectivity index (χ1v) is 6.57. The van der Waals surface area contributed by atoms with Crippen LogP contribution in [0.15, 0.2) is 0 Å². The number of thioether (sulfide) groups is 1. The average Bonchev–Trinajstić information content (AvgIpc) is 2.49. The van der Waals surface area contributed by atoms with Crippen LogP contribution in [-0.2, 0) is 13.2 Å². The largest absolute Gasteiger partial charge is 0.392 e. The Morgan fingerprint density at radius 1 is 1.40 bits per heavy atom. The van der Waals surface area contributed by atoms with Gasteiger partial charge < -0.3 is 5.11 Å². The van der Waals surface area contributed by atoms with Crippen molar-refractivity contribution < 1.29 is 5.11 Å². The van der Waals surface area contributed by atoms with E-state index in [-0.39, 0.29) is 6.61 Å². The molecule has 0 fully saturated rings. The highest BCUT2D eigenvalue weighted by atomic mass is 32.2. The molecule has 1 aromatic rings. The molecule has 4 heteroatoms. The standard InChI is InChI=1S/C11H20N2OS/c1-4-15-7-5-6-13-10(3)11(8-14)9(2)12-13/h14H,4-8H2,1-3H3. The summed E-state index contributed by atoms with van der Waals surface area (Å²) in [6, 6.07) is 0. The monoisotopic (exact) mass is 228 g/mol. The van der Waals surface area contributed by atoms with Gasteiger partial charge in [0.25, 0.3) is 0 Å². The Bertz CT molecular complexity index is 310. The number of aryl methyl sites for hydroxylation is 2. The number of aliphatic hydroxyl groups excluding tert-OH is 1. The number of rotatable bonds is 6. The Kier molecular flexibility index (Phi) is 5.19. The Morgan fingerprint density at radius 3 is 2.67 bits per heavy atom. The lowest BCUT2D eigenvalue weighted by Crippen LogP contribution is -2.04. The molecule has 0 atom stereocenters. The Labute approximate surface area is 95.9 Å². The lowest BCUT2D eigenvalue weighted by atomic mass is 10.2. The second-order valence-corrected chi connectivity index (χ2v) is 4.97. The molecule has 0 unspecified atom stereocenters. The number of nitrogens with zero attached hydrogens (tertiary/aromatic N) is 2. The predicted octanol–water partition coefficient (Wildman–Crippen LogP) is 2.14. The van der Waals surface area contributed by atoms with E-state index in [4.69, 9.17) is 5.11 Å². The van der Waals surface area contributed by atoms with Crippen LogP contribution in [0.25, 0.3) is 0 Å². The second kappa shape index (κ2) is 6.18. The zero-order valence-electron chi connectivity index (χ0n) is 9.79. The molecule has 1 aromatic heterocycles. The van der Waals surface area contributed by atoms with Crippen molar-refractivity contribution in [2.45, 2.75) is 40.3 Å². The smallest absolute Gasteiger partial charge is 0.0718 e. The van der Waals surface area contributed by atoms with Crippen molar-refractivity contribution in [2.75, 3.05) is 11.5 Å². The summed E-state index contributed by atoms with van der Waals surface area (Å²) >= 11 is 1.96. The molecule has 0 amide bonds. The van der Waals surface area contributed by atoms with Crippen LogP contribution in [0.5, 0.6) is 0 Å². The van der Waals surface area contributed by atoms with Crippen LogP contribution in [0.4, 0.5) is 0 Å². The van der Waals surface area contributed by atoms with E-state index in [1.807, 2.05) is 30.3 Å². The van der Waals surface area contributed by atoms with Crippen molar-refractivity contribution in [2.24, 2.45) is 0 Å². The van der Waals surface area contributed by atoms with Gasteiger partial charge in [0.1, 0.15) is 0 Å². The van der Waals surface area contributed by atoms with E-state index in [2.05, 4.69) is 12.0 Å². The Hall–Kier alpha value is -0.480. The number of aliphatic hydroxyl groups is 1. The third-order valence-electron chi connectivity index (χ3n) is 2.55. The number of hydrogen-bond donors (Lipinski definition) is 1. The van der Waals surface area contributed by atoms with Gasteiger partial charge in [-0.25, -0.2) is 0 Å². The van der Waals surface area contributed by atoms with Crippen molar-refractivity contribution in [1.29, 1.82) is 0 Å². The van der Waals surface area contributed by atoms with Crippen LogP contribution in [0.3, 0.4) is 0 Å². The van der Waals surface area contributed by atoms with E-state index in [0.717, 1.165) is 29.9 Å². The summed E-state index contributed by atoms with van der Waals surface area (Å²) in [6.07, 6.45) is 1.14. The minimum Gasteiger partial charge on any atom is -0.392 e. The van der Waals surface area contributed by atoms with E-state index >= 15 is 0 Å². The minimum atomic E-state index is 0.0986. The van der Waals surface area contributed by atoms with Crippen molar-refractivity contribution in [3.05, 3.63) is 17.0 Å². The first-order valence-electron chi connectivity index (χ1n) is 5.42. The van der Waals surface area contributed by atoms with Gasteiger partial charge in [-0.15, -0.1) is 0 Å². The molecule has 0 aliphatic heterocycles. The quantitative estimate of drug-likeness (QED) is 0.758. The van der Waals surface area contributed by atoms with Crippen LogP contribution >= 0.6 is 11.8 Å². The predicted molar refractivity (Wildman–Crippen MR) is 65.2 cm³/mol. The van der Waals surface area contributed by atoms with Crippen molar-refractivity contribution in [1.82, 2.24) is 9.78 Å². The fourth-order valence-electron chi connectivity index (χ4n) is 1.64. The van der Waals surface area contributed by atoms with E-state index in [0.29, 0.717) is 0 Å². The maximum absolute atomic E-state index is 9.16. The van der Waals surface area contributed by atoms with Gasteiger partial charge in [0.2, 0.25) is 0 Å². The molecule has 0 aliphatic rings. The van der Waals surface area contributed by atoms with Gasteiger partial charge in [-0.2, -0.15) is 16.9 Å². The molecule has 0 saturated carbocycles. The molecule has 3 nitrogen and oxygen atoms in total. The summed E-state index contributed by atoms with van der Waals surface area (Å²) in [5.74, 6) is 2.36. The summed E-state index contributed by atoms with van der Waals surface area (Å²) in [5.41, 5.74) is 3.05. The van der Waals surface area contributed by atoms with Gasteiger partial charge >= 0.3 is 0 Å². The molecule has 0 spiro atoms. The van der Waals surface area contributed by atoms with Crippen LogP contribution in [-0.4, -0.2) is 26.4 Å². The molecule has 0 bridgehead atoms. The molecule has 0 saturated heterocycles. The van der Waals surface area contributed by atoms with Gasteiger partial charge in [-0.1, -0.05) is 6.92 Å². The highest BCUT2D eigenvalue weighted by Crippen LogP contribution is 2.13. The normalized spacial score (nSPS) is 10.9. The van der Waals surface area contributed by atoms with Crippen LogP contribution < -0.4 is 0 Å². The van der Waals surface area contributed by atoms with Gasteiger partial charge in [-0.3, -0.25) is 4.68 Å². The maximum Gasteiger partial charge on any atom is 0.0718 e. The first kappa shape index (κ1) is 12.6. The third kappa shape index (κ3) is 3.24. The molecule has 1 N–H and O–H groups in total. The molecule has 1 heterocycles. The van der Waals surface area contributed by atoms with Gasteiger partial charge in [-0.05, 0) is 31.8 Å². The lowest BCUT2D eigenvalue weighted by Gasteiger charge is -2.04. The first-order chi connectivity index (χ1) is 7.20. The Balaban J connectivity index is 2.54. The van der Waals surface area contributed by atoms with Gasteiger partial charge in [0.05, 0.1) is 12.3 Å². The summed E-state index contributed by atoms with van der Waals surface area (Å²) in [6.45, 7) is 7.22. The lowest BCUT2D eigenvalue weighted by molar-refractivity contribution is 0.280. The zero-order chi connectivity index (χ0) is 11.3. The van der Waals surface area contributed by atoms with E-state index in [1.165, 1.54) is 11.5 Å². The summed E-state index contributed by atoms with van der Waals surface area (Å²) in [7, 11) is 0. The Morgan fingerprint density at radius 2 is 2.13 bits per heavy atom. The molecule has 15 heavy (non-hydrogen) atoms. The molecule has 0 radical (unpaired) electrons. The van der Waals surface area contributed by atoms with Crippen molar-refractivity contribution >= 4 is 11.8 Å². The summed E-state index contributed by atoms with van der Waals surface area (Å²) < 4.78 is 2.01. The van der Waals surface area contributed by atoms with Gasteiger partial charge in [0.15, 0.2) is 0 Å². The summed E-state index contributed by atoms with van der Waals surface area (Å²) in [4.78, 5) is 0. The SMILES string of the molecule is CCSCCCn1nc(C)c(CO)c1C. The minimum absolute atomic E-state index is 0.0986. The third-order valence-corrected chi connectivity index (χ3v) is 3.54.